The van der Waals surface area contributed by atoms with Crippen LogP contribution in [0.2, 0.25) is 0 Å². The molecule has 0 aromatic carbocycles. The molecule has 0 aliphatic carbocycles. The monoisotopic (exact) mass is 561 g/mol. The number of guanidine groups is 1. The van der Waals surface area contributed by atoms with E-state index in [4.69, 9.17) is 5.53 Å². The van der Waals surface area contributed by atoms with Gasteiger partial charge in [0, 0.05) is 10.0 Å². The van der Waals surface area contributed by atoms with E-state index in [9.17, 15) is 0 Å². The van der Waals surface area contributed by atoms with Gasteiger partial charge in [0.2, 0.25) is 0 Å². The van der Waals surface area contributed by atoms with E-state index in [1.54, 1.807) is 0 Å². The van der Waals surface area contributed by atoms with Crippen molar-refractivity contribution in [3.8, 4) is 0 Å². The number of hydrogen-bond acceptors (Lipinski definition) is 2. The van der Waals surface area contributed by atoms with Crippen molar-refractivity contribution in [3.05, 3.63) is 10.4 Å². The summed E-state index contributed by atoms with van der Waals surface area (Å²) in [6.07, 6.45) is 39.0. The van der Waals surface area contributed by atoms with Crippen LogP contribution in [0.25, 0.3) is 10.4 Å². The van der Waals surface area contributed by atoms with E-state index in [-0.39, 0.29) is 0 Å². The van der Waals surface area contributed by atoms with E-state index in [0.717, 1.165) is 32.1 Å². The van der Waals surface area contributed by atoms with Crippen molar-refractivity contribution in [1.82, 2.24) is 4.90 Å². The summed E-state index contributed by atoms with van der Waals surface area (Å²) in [4.78, 5) is 5.50. The van der Waals surface area contributed by atoms with Crippen LogP contribution < -0.4 is 0 Å². The van der Waals surface area contributed by atoms with E-state index in [1.807, 2.05) is 0 Å². The highest BCUT2D eigenvalue weighted by molar-refractivity contribution is 5.76. The maximum Gasteiger partial charge on any atom is 0.283 e. The minimum Gasteiger partial charge on any atom is -0.288 e. The summed E-state index contributed by atoms with van der Waals surface area (Å²) < 4.78 is 2.34. The number of azide groups is 1. The first-order chi connectivity index (χ1) is 19.8. The fourth-order valence-corrected chi connectivity index (χ4v) is 6.23. The van der Waals surface area contributed by atoms with Crippen molar-refractivity contribution < 1.29 is 4.58 Å². The summed E-state index contributed by atoms with van der Waals surface area (Å²) in [5.74, 6) is 0.895. The number of unbranched alkanes of at least 4 members (excludes halogenated alkanes) is 26. The first-order valence-corrected chi connectivity index (χ1v) is 18.2. The zero-order chi connectivity index (χ0) is 28.8. The highest BCUT2D eigenvalue weighted by Crippen LogP contribution is 2.15. The predicted octanol–water partition coefficient (Wildman–Crippen LogP) is 11.9. The average molecular weight is 561 g/mol. The van der Waals surface area contributed by atoms with Gasteiger partial charge in [0.25, 0.3) is 5.96 Å². The third-order valence-electron chi connectivity index (χ3n) is 8.90. The minimum atomic E-state index is 0.895. The standard InChI is InChI=1S/C35H70N5/c1-3-5-7-9-11-13-15-17-19-21-23-25-27-29-31-39-33-34-40(35(39)37-38-36)32-30-28-26-24-22-20-18-16-14-12-10-8-6-4-2/h3-34H2,1-2H3/q+1. The molecule has 1 heterocycles. The van der Waals surface area contributed by atoms with Crippen LogP contribution in [0.3, 0.4) is 0 Å². The van der Waals surface area contributed by atoms with Crippen LogP contribution >= 0.6 is 0 Å². The molecular formula is C35H70N5+. The lowest BCUT2D eigenvalue weighted by atomic mass is 10.0. The lowest BCUT2D eigenvalue weighted by Crippen LogP contribution is -2.29. The Kier molecular flexibility index (Phi) is 26.9. The van der Waals surface area contributed by atoms with Gasteiger partial charge in [-0.05, 0) is 18.4 Å². The molecule has 1 aliphatic heterocycles. The highest BCUT2D eigenvalue weighted by atomic mass is 15.4. The largest absolute Gasteiger partial charge is 0.288 e. The average Bonchev–Trinajstić information content (AvgIpc) is 3.34. The van der Waals surface area contributed by atoms with Crippen molar-refractivity contribution in [3.63, 3.8) is 0 Å². The summed E-state index contributed by atoms with van der Waals surface area (Å²) in [7, 11) is 0. The Morgan fingerprint density at radius 1 is 0.550 bits per heavy atom. The Balaban J connectivity index is 1.99. The molecule has 0 fully saturated rings. The zero-order valence-corrected chi connectivity index (χ0v) is 27.4. The molecule has 0 bridgehead atoms. The van der Waals surface area contributed by atoms with Crippen LogP contribution in [-0.2, 0) is 0 Å². The predicted molar refractivity (Wildman–Crippen MR) is 176 cm³/mol. The van der Waals surface area contributed by atoms with Crippen LogP contribution in [0.1, 0.15) is 194 Å². The minimum absolute atomic E-state index is 0.895. The first kappa shape index (κ1) is 36.8. The quantitative estimate of drug-likeness (QED) is 0.0283. The van der Waals surface area contributed by atoms with Gasteiger partial charge < -0.3 is 0 Å². The molecule has 0 saturated heterocycles. The van der Waals surface area contributed by atoms with E-state index in [0.29, 0.717) is 0 Å². The van der Waals surface area contributed by atoms with Gasteiger partial charge in [0.1, 0.15) is 0 Å². The molecule has 5 nitrogen and oxygen atoms in total. The fraction of sp³-hybridized carbons (Fsp3) is 0.971. The Bertz CT molecular complexity index is 625. The molecule has 0 spiro atoms. The van der Waals surface area contributed by atoms with E-state index >= 15 is 0 Å². The highest BCUT2D eigenvalue weighted by Gasteiger charge is 2.25. The molecule has 40 heavy (non-hydrogen) atoms. The van der Waals surface area contributed by atoms with Crippen LogP contribution in [0.5, 0.6) is 0 Å². The molecule has 0 N–H and O–H groups in total. The zero-order valence-electron chi connectivity index (χ0n) is 27.4. The van der Waals surface area contributed by atoms with Crippen LogP contribution in [0, 0.1) is 0 Å². The molecule has 0 aromatic rings. The lowest BCUT2D eigenvalue weighted by Gasteiger charge is -2.13. The smallest absolute Gasteiger partial charge is 0.283 e. The maximum atomic E-state index is 9.14. The van der Waals surface area contributed by atoms with Gasteiger partial charge in [-0.2, -0.15) is 0 Å². The van der Waals surface area contributed by atoms with E-state index in [1.165, 1.54) is 180 Å². The Hall–Kier alpha value is -1.22. The fourth-order valence-electron chi connectivity index (χ4n) is 6.23. The number of nitrogens with zero attached hydrogens (tertiary/aromatic N) is 5. The van der Waals surface area contributed by atoms with Crippen molar-refractivity contribution in [2.24, 2.45) is 5.11 Å². The van der Waals surface area contributed by atoms with Gasteiger partial charge in [-0.3, -0.25) is 9.48 Å². The van der Waals surface area contributed by atoms with Crippen LogP contribution in [-0.4, -0.2) is 41.6 Å². The summed E-state index contributed by atoms with van der Waals surface area (Å²) in [6, 6.07) is 0. The summed E-state index contributed by atoms with van der Waals surface area (Å²) >= 11 is 0. The Labute approximate surface area is 250 Å². The van der Waals surface area contributed by atoms with E-state index < -0.39 is 0 Å². The van der Waals surface area contributed by atoms with Crippen LogP contribution in [0.4, 0.5) is 0 Å². The summed E-state index contributed by atoms with van der Waals surface area (Å²) in [6.45, 7) is 8.71. The molecule has 0 saturated carbocycles. The molecule has 5 heteroatoms. The maximum absolute atomic E-state index is 9.14. The number of hydrogen-bond donors (Lipinski definition) is 0. The molecular weight excluding hydrogens is 490 g/mol. The molecule has 0 aromatic heterocycles. The van der Waals surface area contributed by atoms with Gasteiger partial charge in [-0.1, -0.05) is 181 Å². The summed E-state index contributed by atoms with van der Waals surface area (Å²) in [5, 5.41) is 4.10. The normalized spacial score (nSPS) is 13.4. The molecule has 234 valence electrons. The topological polar surface area (TPSA) is 55.0 Å². The third kappa shape index (κ3) is 21.5. The lowest BCUT2D eigenvalue weighted by molar-refractivity contribution is -0.519. The van der Waals surface area contributed by atoms with Crippen molar-refractivity contribution in [2.45, 2.75) is 194 Å². The molecule has 1 rings (SSSR count). The SMILES string of the molecule is CCCCCCCCCCCCCCCCN1CC[N+](CCCCCCCCCCCCCCCC)=C1N=[N+]=[N-]. The third-order valence-corrected chi connectivity index (χ3v) is 8.90. The van der Waals surface area contributed by atoms with Crippen molar-refractivity contribution in [2.75, 3.05) is 26.2 Å². The van der Waals surface area contributed by atoms with Gasteiger partial charge >= 0.3 is 0 Å². The van der Waals surface area contributed by atoms with Gasteiger partial charge in [-0.25, -0.2) is 0 Å². The second-order valence-corrected chi connectivity index (χ2v) is 12.7. The van der Waals surface area contributed by atoms with Crippen molar-refractivity contribution in [1.29, 1.82) is 0 Å². The second-order valence-electron chi connectivity index (χ2n) is 12.7. The molecule has 1 aliphatic rings. The molecule has 0 unspecified atom stereocenters. The molecule has 0 radical (unpaired) electrons. The summed E-state index contributed by atoms with van der Waals surface area (Å²) in [5.41, 5.74) is 9.14. The Morgan fingerprint density at radius 2 is 0.900 bits per heavy atom. The second kappa shape index (κ2) is 29.3. The first-order valence-electron chi connectivity index (χ1n) is 18.2. The molecule has 0 atom stereocenters. The van der Waals surface area contributed by atoms with Gasteiger partial charge in [-0.15, -0.1) is 0 Å². The van der Waals surface area contributed by atoms with E-state index in [2.05, 4.69) is 33.3 Å². The van der Waals surface area contributed by atoms with Crippen LogP contribution in [0.15, 0.2) is 5.11 Å². The molecule has 0 amide bonds. The van der Waals surface area contributed by atoms with Gasteiger partial charge in [0.15, 0.2) is 0 Å². The number of rotatable bonds is 30. The van der Waals surface area contributed by atoms with Crippen molar-refractivity contribution >= 4 is 5.96 Å². The van der Waals surface area contributed by atoms with Gasteiger partial charge in [0.05, 0.1) is 26.2 Å². The Morgan fingerprint density at radius 3 is 1.27 bits per heavy atom.